The summed E-state index contributed by atoms with van der Waals surface area (Å²) in [6.07, 6.45) is 8.12. The van der Waals surface area contributed by atoms with E-state index in [0.717, 1.165) is 36.2 Å². The number of thioether (sulfide) groups is 1. The van der Waals surface area contributed by atoms with Crippen LogP contribution in [0.3, 0.4) is 0 Å². The minimum Gasteiger partial charge on any atom is -0.500 e. The first-order chi connectivity index (χ1) is 17.4. The number of anilines is 1. The van der Waals surface area contributed by atoms with Gasteiger partial charge < -0.3 is 14.6 Å². The molecule has 0 aliphatic heterocycles. The van der Waals surface area contributed by atoms with Gasteiger partial charge in [0.1, 0.15) is 12.3 Å². The van der Waals surface area contributed by atoms with Crippen molar-refractivity contribution in [2.45, 2.75) is 69.0 Å². The van der Waals surface area contributed by atoms with Gasteiger partial charge in [-0.05, 0) is 68.1 Å². The predicted octanol–water partition coefficient (Wildman–Crippen LogP) is 6.56. The van der Waals surface area contributed by atoms with E-state index in [9.17, 15) is 13.2 Å². The summed E-state index contributed by atoms with van der Waals surface area (Å²) in [5.41, 5.74) is 1.81. The fraction of sp³-hybridized carbons (Fsp3) is 0.571. The van der Waals surface area contributed by atoms with Crippen LogP contribution in [0.2, 0.25) is 0 Å². The Morgan fingerprint density at radius 3 is 2.67 bits per heavy atom. The molecule has 0 amide bonds. The van der Waals surface area contributed by atoms with Crippen LogP contribution in [0.1, 0.15) is 50.6 Å². The van der Waals surface area contributed by atoms with E-state index >= 15 is 0 Å². The molecule has 1 saturated carbocycles. The van der Waals surface area contributed by atoms with Crippen molar-refractivity contribution in [2.24, 2.45) is 5.92 Å². The van der Waals surface area contributed by atoms with Gasteiger partial charge in [0.25, 0.3) is 0 Å². The van der Waals surface area contributed by atoms with Gasteiger partial charge in [-0.25, -0.2) is 0 Å². The van der Waals surface area contributed by atoms with Crippen molar-refractivity contribution in [1.29, 1.82) is 0 Å². The molecule has 196 valence electrons. The van der Waals surface area contributed by atoms with Crippen LogP contribution in [0.5, 0.6) is 0 Å². The van der Waals surface area contributed by atoms with Crippen molar-refractivity contribution in [3.05, 3.63) is 41.8 Å². The maximum absolute atomic E-state index is 13.5. The second-order valence-corrected chi connectivity index (χ2v) is 10.8. The molecule has 2 N–H and O–H groups in total. The molecular formula is C28H36F3N3OS. The summed E-state index contributed by atoms with van der Waals surface area (Å²) in [6, 6.07) is 7.38. The molecule has 0 bridgehead atoms. The quantitative estimate of drug-likeness (QED) is 0.388. The maximum atomic E-state index is 13.5. The molecule has 1 heterocycles. The molecule has 0 radical (unpaired) electrons. The maximum Gasteiger partial charge on any atom is 0.406 e. The van der Waals surface area contributed by atoms with Gasteiger partial charge in [-0.2, -0.15) is 24.9 Å². The lowest BCUT2D eigenvalue weighted by Gasteiger charge is -2.27. The molecular weight excluding hydrogens is 483 g/mol. The Kier molecular flexibility index (Phi) is 9.19. The summed E-state index contributed by atoms with van der Waals surface area (Å²) < 4.78 is 47.3. The molecule has 4 rings (SSSR count). The Morgan fingerprint density at radius 1 is 1.14 bits per heavy atom. The summed E-state index contributed by atoms with van der Waals surface area (Å²) in [6.45, 7) is 0.160. The summed E-state index contributed by atoms with van der Waals surface area (Å²) in [5.74, 6) is 7.58. The van der Waals surface area contributed by atoms with E-state index in [0.29, 0.717) is 28.9 Å². The van der Waals surface area contributed by atoms with Gasteiger partial charge in [0.15, 0.2) is 0 Å². The van der Waals surface area contributed by atoms with Crippen LogP contribution >= 0.6 is 11.8 Å². The number of nitrogens with one attached hydrogen (secondary N) is 2. The van der Waals surface area contributed by atoms with Crippen molar-refractivity contribution in [3.63, 3.8) is 0 Å². The fourth-order valence-electron chi connectivity index (χ4n) is 5.30. The summed E-state index contributed by atoms with van der Waals surface area (Å²) in [4.78, 5) is 0. The van der Waals surface area contributed by atoms with Crippen molar-refractivity contribution < 1.29 is 17.9 Å². The van der Waals surface area contributed by atoms with Crippen LogP contribution in [0, 0.1) is 17.8 Å². The second kappa shape index (κ2) is 12.3. The number of ether oxygens (including phenoxy) is 1. The van der Waals surface area contributed by atoms with Gasteiger partial charge in [0.2, 0.25) is 0 Å². The number of halogens is 3. The zero-order valence-electron chi connectivity index (χ0n) is 21.1. The van der Waals surface area contributed by atoms with Crippen LogP contribution in [0.4, 0.5) is 18.9 Å². The lowest BCUT2D eigenvalue weighted by molar-refractivity contribution is -0.140. The molecule has 8 heteroatoms. The normalized spacial score (nSPS) is 21.1. The first-order valence-electron chi connectivity index (χ1n) is 12.8. The number of alkyl halides is 3. The van der Waals surface area contributed by atoms with Crippen molar-refractivity contribution in [3.8, 4) is 11.8 Å². The molecule has 1 aromatic heterocycles. The van der Waals surface area contributed by atoms with E-state index < -0.39 is 12.7 Å². The van der Waals surface area contributed by atoms with Gasteiger partial charge >= 0.3 is 6.18 Å². The Hall–Kier alpha value is -2.24. The highest BCUT2D eigenvalue weighted by Gasteiger charge is 2.30. The number of benzene rings is 1. The van der Waals surface area contributed by atoms with Crippen molar-refractivity contribution >= 4 is 28.4 Å². The van der Waals surface area contributed by atoms with E-state index in [2.05, 4.69) is 34.8 Å². The summed E-state index contributed by atoms with van der Waals surface area (Å²) in [7, 11) is 1.67. The highest BCUT2D eigenvalue weighted by Crippen LogP contribution is 2.31. The smallest absolute Gasteiger partial charge is 0.406 e. The molecule has 2 unspecified atom stereocenters. The molecule has 0 spiro atoms. The lowest BCUT2D eigenvalue weighted by atomic mass is 9.89. The van der Waals surface area contributed by atoms with E-state index in [-0.39, 0.29) is 6.04 Å². The van der Waals surface area contributed by atoms with Crippen LogP contribution in [-0.2, 0) is 11.3 Å². The number of hydrogen-bond donors (Lipinski definition) is 2. The Labute approximate surface area is 216 Å². The van der Waals surface area contributed by atoms with Crippen LogP contribution in [-0.4, -0.2) is 48.5 Å². The average Bonchev–Trinajstić information content (AvgIpc) is 3.22. The van der Waals surface area contributed by atoms with Crippen LogP contribution in [0.15, 0.2) is 36.1 Å². The largest absolute Gasteiger partial charge is 0.500 e. The zero-order chi connectivity index (χ0) is 25.5. The van der Waals surface area contributed by atoms with E-state index in [4.69, 9.17) is 4.74 Å². The molecule has 1 aromatic carbocycles. The number of nitrogens with zero attached hydrogens (tertiary/aromatic N) is 1. The highest BCUT2D eigenvalue weighted by molar-refractivity contribution is 7.99. The predicted molar refractivity (Wildman–Crippen MR) is 143 cm³/mol. The van der Waals surface area contributed by atoms with Gasteiger partial charge in [0, 0.05) is 22.9 Å². The third-order valence-corrected chi connectivity index (χ3v) is 8.19. The molecule has 4 nitrogen and oxygen atoms in total. The minimum absolute atomic E-state index is 0.0734. The molecule has 2 aromatic rings. The SMILES string of the molecule is COC1=CC(SC)CCC1NCC#Cc1cc2c(NCC3CCCCC3)cccc2n1CC(F)(F)F. The Bertz CT molecular complexity index is 1110. The number of aromatic nitrogens is 1. The standard InChI is InChI=1S/C28H36F3N3OS/c1-35-27-17-22(36-2)13-14-25(27)32-15-7-10-21-16-23-24(33-18-20-8-4-3-5-9-20)11-6-12-26(23)34(21)19-28(29,30)31/h6,11-12,16-17,20,22,25,32-33H,3-5,8-9,13-15,18-19H2,1-2H3. The topological polar surface area (TPSA) is 38.2 Å². The number of rotatable bonds is 8. The lowest BCUT2D eigenvalue weighted by Crippen LogP contribution is -2.35. The molecule has 2 aliphatic rings. The Balaban J connectivity index is 1.52. The summed E-state index contributed by atoms with van der Waals surface area (Å²) in [5, 5.41) is 8.13. The average molecular weight is 520 g/mol. The second-order valence-electron chi connectivity index (χ2n) is 9.71. The third kappa shape index (κ3) is 6.95. The Morgan fingerprint density at radius 2 is 1.94 bits per heavy atom. The first kappa shape index (κ1) is 26.8. The minimum atomic E-state index is -4.33. The number of fused-ring (bicyclic) bond motifs is 1. The van der Waals surface area contributed by atoms with E-state index in [1.807, 2.05) is 12.1 Å². The number of methoxy groups -OCH3 is 1. The molecule has 2 atom stereocenters. The van der Waals surface area contributed by atoms with Gasteiger partial charge in [0.05, 0.1) is 30.9 Å². The molecule has 0 saturated heterocycles. The molecule has 2 aliphatic carbocycles. The number of hydrogen-bond acceptors (Lipinski definition) is 4. The van der Waals surface area contributed by atoms with E-state index in [1.54, 1.807) is 31.0 Å². The zero-order valence-corrected chi connectivity index (χ0v) is 21.9. The van der Waals surface area contributed by atoms with Crippen molar-refractivity contribution in [1.82, 2.24) is 9.88 Å². The highest BCUT2D eigenvalue weighted by atomic mass is 32.2. The van der Waals surface area contributed by atoms with Crippen LogP contribution < -0.4 is 10.6 Å². The third-order valence-electron chi connectivity index (χ3n) is 7.21. The van der Waals surface area contributed by atoms with Crippen LogP contribution in [0.25, 0.3) is 10.9 Å². The first-order valence-corrected chi connectivity index (χ1v) is 14.1. The van der Waals surface area contributed by atoms with Gasteiger partial charge in [-0.3, -0.25) is 5.32 Å². The van der Waals surface area contributed by atoms with Gasteiger partial charge in [-0.15, -0.1) is 0 Å². The van der Waals surface area contributed by atoms with E-state index in [1.165, 1.54) is 36.7 Å². The molecule has 36 heavy (non-hydrogen) atoms. The monoisotopic (exact) mass is 519 g/mol. The molecule has 1 fully saturated rings. The van der Waals surface area contributed by atoms with Crippen molar-refractivity contribution in [2.75, 3.05) is 31.8 Å². The van der Waals surface area contributed by atoms with Gasteiger partial charge in [-0.1, -0.05) is 31.2 Å². The fourth-order valence-corrected chi connectivity index (χ4v) is 5.94. The summed E-state index contributed by atoms with van der Waals surface area (Å²) >= 11 is 1.80.